The van der Waals surface area contributed by atoms with Crippen molar-refractivity contribution in [3.05, 3.63) is 59.9 Å². The summed E-state index contributed by atoms with van der Waals surface area (Å²) in [5.41, 5.74) is 2.13. The van der Waals surface area contributed by atoms with Crippen LogP contribution in [0.3, 0.4) is 0 Å². The van der Waals surface area contributed by atoms with Gasteiger partial charge in [-0.2, -0.15) is 0 Å². The number of aryl methyl sites for hydroxylation is 1. The molecule has 0 unspecified atom stereocenters. The smallest absolute Gasteiger partial charge is 0.242 e. The molecule has 27 heavy (non-hydrogen) atoms. The van der Waals surface area contributed by atoms with Crippen molar-refractivity contribution in [2.24, 2.45) is 7.05 Å². The van der Waals surface area contributed by atoms with E-state index in [2.05, 4.69) is 10.6 Å². The van der Waals surface area contributed by atoms with Gasteiger partial charge in [-0.1, -0.05) is 30.3 Å². The van der Waals surface area contributed by atoms with Gasteiger partial charge < -0.3 is 14.4 Å². The van der Waals surface area contributed by atoms with Gasteiger partial charge in [-0.05, 0) is 43.4 Å². The van der Waals surface area contributed by atoms with E-state index in [1.165, 1.54) is 0 Å². The Morgan fingerprint density at radius 2 is 1.59 bits per heavy atom. The molecule has 0 atom stereocenters. The molecule has 2 fully saturated rings. The molecule has 1 heterocycles. The number of aromatic nitrogens is 1. The summed E-state index contributed by atoms with van der Waals surface area (Å²) in [6.07, 6.45) is 6.52. The standard InChI is InChI=1S/C22H27N3O2/c1-23-13-5-8-20(23)15-24(18-9-10-18)22(27)16-25(19-11-12-19)21(26)14-17-6-3-2-4-7-17/h2-8,13,18-19H,9-12,14-16H2,1H3. The number of hydrogen-bond acceptors (Lipinski definition) is 2. The lowest BCUT2D eigenvalue weighted by molar-refractivity contribution is -0.141. The fourth-order valence-corrected chi connectivity index (χ4v) is 3.56. The Morgan fingerprint density at radius 3 is 2.19 bits per heavy atom. The second-order valence-corrected chi connectivity index (χ2v) is 7.78. The Balaban J connectivity index is 1.43. The minimum atomic E-state index is 0.0617. The van der Waals surface area contributed by atoms with Crippen LogP contribution >= 0.6 is 0 Å². The van der Waals surface area contributed by atoms with Crippen LogP contribution in [0.4, 0.5) is 0 Å². The first-order valence-corrected chi connectivity index (χ1v) is 9.85. The molecular weight excluding hydrogens is 338 g/mol. The second-order valence-electron chi connectivity index (χ2n) is 7.78. The van der Waals surface area contributed by atoms with Crippen LogP contribution in [-0.2, 0) is 29.6 Å². The van der Waals surface area contributed by atoms with Crippen molar-refractivity contribution in [3.63, 3.8) is 0 Å². The van der Waals surface area contributed by atoms with Gasteiger partial charge in [0.15, 0.2) is 0 Å². The molecule has 0 aliphatic heterocycles. The average molecular weight is 365 g/mol. The van der Waals surface area contributed by atoms with Crippen LogP contribution in [-0.4, -0.2) is 44.8 Å². The Kier molecular flexibility index (Phi) is 5.01. The van der Waals surface area contributed by atoms with Gasteiger partial charge >= 0.3 is 0 Å². The van der Waals surface area contributed by atoms with Crippen molar-refractivity contribution < 1.29 is 9.59 Å². The van der Waals surface area contributed by atoms with Gasteiger partial charge in [0.25, 0.3) is 0 Å². The molecule has 5 nitrogen and oxygen atoms in total. The van der Waals surface area contributed by atoms with Crippen molar-refractivity contribution in [1.29, 1.82) is 0 Å². The molecule has 0 radical (unpaired) electrons. The summed E-state index contributed by atoms with van der Waals surface area (Å²) in [6.45, 7) is 0.829. The summed E-state index contributed by atoms with van der Waals surface area (Å²) >= 11 is 0. The molecule has 2 amide bonds. The summed E-state index contributed by atoms with van der Waals surface area (Å²) in [4.78, 5) is 29.7. The molecule has 0 bridgehead atoms. The fourth-order valence-electron chi connectivity index (χ4n) is 3.56. The van der Waals surface area contributed by atoms with E-state index in [0.717, 1.165) is 36.9 Å². The zero-order valence-corrected chi connectivity index (χ0v) is 15.9. The maximum Gasteiger partial charge on any atom is 0.242 e. The minimum Gasteiger partial charge on any atom is -0.353 e. The van der Waals surface area contributed by atoms with Crippen molar-refractivity contribution in [1.82, 2.24) is 14.4 Å². The number of carbonyl (C=O) groups excluding carboxylic acids is 2. The lowest BCUT2D eigenvalue weighted by atomic mass is 10.1. The fraction of sp³-hybridized carbons (Fsp3) is 0.455. The quantitative estimate of drug-likeness (QED) is 0.722. The topological polar surface area (TPSA) is 45.6 Å². The van der Waals surface area contributed by atoms with E-state index in [0.29, 0.717) is 19.0 Å². The second kappa shape index (κ2) is 7.59. The normalized spacial score (nSPS) is 16.2. The molecule has 5 heteroatoms. The van der Waals surface area contributed by atoms with E-state index in [9.17, 15) is 9.59 Å². The van der Waals surface area contributed by atoms with Crippen LogP contribution in [0.25, 0.3) is 0 Å². The average Bonchev–Trinajstić information content (AvgIpc) is 3.58. The van der Waals surface area contributed by atoms with Gasteiger partial charge in [0.1, 0.15) is 6.54 Å². The van der Waals surface area contributed by atoms with Crippen LogP contribution in [0.15, 0.2) is 48.7 Å². The molecule has 1 aromatic carbocycles. The number of hydrogen-bond donors (Lipinski definition) is 0. The highest BCUT2D eigenvalue weighted by Gasteiger charge is 2.38. The molecule has 1 aromatic heterocycles. The van der Waals surface area contributed by atoms with Crippen LogP contribution in [0.5, 0.6) is 0 Å². The SMILES string of the molecule is Cn1cccc1CN(C(=O)CN(C(=O)Cc1ccccc1)C1CC1)C1CC1. The minimum absolute atomic E-state index is 0.0617. The van der Waals surface area contributed by atoms with Crippen molar-refractivity contribution in [2.45, 2.75) is 50.7 Å². The molecule has 0 N–H and O–H groups in total. The maximum atomic E-state index is 13.1. The molecule has 0 saturated heterocycles. The first-order chi connectivity index (χ1) is 13.1. The predicted molar refractivity (Wildman–Crippen MR) is 104 cm³/mol. The zero-order chi connectivity index (χ0) is 18.8. The van der Waals surface area contributed by atoms with Crippen molar-refractivity contribution in [2.75, 3.05) is 6.54 Å². The van der Waals surface area contributed by atoms with E-state index < -0.39 is 0 Å². The molecule has 2 aliphatic rings. The van der Waals surface area contributed by atoms with E-state index in [-0.39, 0.29) is 24.4 Å². The third-order valence-corrected chi connectivity index (χ3v) is 5.50. The molecular formula is C22H27N3O2. The van der Waals surface area contributed by atoms with Crippen molar-refractivity contribution in [3.8, 4) is 0 Å². The third-order valence-electron chi connectivity index (χ3n) is 5.50. The van der Waals surface area contributed by atoms with E-state index in [1.54, 1.807) is 0 Å². The Morgan fingerprint density at radius 1 is 0.926 bits per heavy atom. The van der Waals surface area contributed by atoms with Crippen LogP contribution in [0, 0.1) is 0 Å². The number of amides is 2. The summed E-state index contributed by atoms with van der Waals surface area (Å²) in [7, 11) is 2.00. The van der Waals surface area contributed by atoms with Gasteiger partial charge in [0.2, 0.25) is 11.8 Å². The van der Waals surface area contributed by atoms with Gasteiger partial charge in [0.05, 0.1) is 13.0 Å². The van der Waals surface area contributed by atoms with Gasteiger partial charge in [0, 0.05) is 31.0 Å². The summed E-state index contributed by atoms with van der Waals surface area (Å²) in [5.74, 6) is 0.138. The monoisotopic (exact) mass is 365 g/mol. The predicted octanol–water partition coefficient (Wildman–Crippen LogP) is 2.75. The summed E-state index contributed by atoms with van der Waals surface area (Å²) in [5, 5.41) is 0. The highest BCUT2D eigenvalue weighted by molar-refractivity contribution is 5.86. The molecule has 2 aromatic rings. The largest absolute Gasteiger partial charge is 0.353 e. The number of rotatable bonds is 8. The first-order valence-electron chi connectivity index (χ1n) is 9.85. The Bertz CT molecular complexity index is 806. The molecule has 4 rings (SSSR count). The molecule has 142 valence electrons. The number of nitrogens with zero attached hydrogens (tertiary/aromatic N) is 3. The number of benzene rings is 1. The molecule has 2 saturated carbocycles. The van der Waals surface area contributed by atoms with Gasteiger partial charge in [-0.15, -0.1) is 0 Å². The van der Waals surface area contributed by atoms with Gasteiger partial charge in [-0.3, -0.25) is 9.59 Å². The lowest BCUT2D eigenvalue weighted by Gasteiger charge is -2.28. The van der Waals surface area contributed by atoms with Gasteiger partial charge in [-0.25, -0.2) is 0 Å². The Labute approximate surface area is 160 Å². The summed E-state index contributed by atoms with van der Waals surface area (Å²) in [6, 6.07) is 14.4. The zero-order valence-electron chi connectivity index (χ0n) is 15.9. The van der Waals surface area contributed by atoms with E-state index in [4.69, 9.17) is 0 Å². The lowest BCUT2D eigenvalue weighted by Crippen LogP contribution is -2.45. The Hall–Kier alpha value is -2.56. The summed E-state index contributed by atoms with van der Waals surface area (Å²) < 4.78 is 2.06. The highest BCUT2D eigenvalue weighted by Crippen LogP contribution is 2.31. The van der Waals surface area contributed by atoms with E-state index >= 15 is 0 Å². The van der Waals surface area contributed by atoms with Crippen LogP contribution in [0.2, 0.25) is 0 Å². The van der Waals surface area contributed by atoms with Crippen LogP contribution in [0.1, 0.15) is 36.9 Å². The maximum absolute atomic E-state index is 13.1. The van der Waals surface area contributed by atoms with Crippen LogP contribution < -0.4 is 0 Å². The molecule has 0 spiro atoms. The van der Waals surface area contributed by atoms with E-state index in [1.807, 2.05) is 59.4 Å². The molecule has 2 aliphatic carbocycles. The number of carbonyl (C=O) groups is 2. The van der Waals surface area contributed by atoms with Crippen molar-refractivity contribution >= 4 is 11.8 Å². The first kappa shape index (κ1) is 17.8. The highest BCUT2D eigenvalue weighted by atomic mass is 16.2. The third kappa shape index (κ3) is 4.41.